The second-order valence-electron chi connectivity index (χ2n) is 4.04. The average molecular weight is 260 g/mol. The molecule has 2 heterocycles. The van der Waals surface area contributed by atoms with Crippen molar-refractivity contribution in [2.45, 2.75) is 0 Å². The number of nitrogens with two attached hydrogens (primary N) is 1. The molecule has 7 heteroatoms. The molecule has 0 unspecified atom stereocenters. The van der Waals surface area contributed by atoms with Gasteiger partial charge in [0, 0.05) is 14.1 Å². The van der Waals surface area contributed by atoms with E-state index in [4.69, 9.17) is 5.73 Å². The Morgan fingerprint density at radius 3 is 2.67 bits per heavy atom. The van der Waals surface area contributed by atoms with E-state index in [9.17, 15) is 0 Å². The topological polar surface area (TPSA) is 72.9 Å². The largest absolute Gasteiger partial charge is 0.368 e. The Balaban J connectivity index is 2.13. The number of hydrogen-bond acceptors (Lipinski definition) is 6. The van der Waals surface area contributed by atoms with Crippen molar-refractivity contribution in [3.8, 4) is 5.13 Å². The van der Waals surface area contributed by atoms with Gasteiger partial charge in [0.1, 0.15) is 0 Å². The molecule has 1 aromatic carbocycles. The van der Waals surface area contributed by atoms with Crippen molar-refractivity contribution in [1.29, 1.82) is 0 Å². The van der Waals surface area contributed by atoms with E-state index in [2.05, 4.69) is 15.1 Å². The van der Waals surface area contributed by atoms with Crippen molar-refractivity contribution in [3.05, 3.63) is 24.3 Å². The zero-order valence-corrected chi connectivity index (χ0v) is 10.8. The van der Waals surface area contributed by atoms with Gasteiger partial charge in [-0.25, -0.2) is 4.98 Å². The SMILES string of the molecule is CN(C)c1nc(N)n(-c2nc3ccccc3s2)n1. The minimum absolute atomic E-state index is 0.345. The van der Waals surface area contributed by atoms with Crippen molar-refractivity contribution in [3.63, 3.8) is 0 Å². The van der Waals surface area contributed by atoms with Crippen LogP contribution in [0.3, 0.4) is 0 Å². The minimum Gasteiger partial charge on any atom is -0.368 e. The first kappa shape index (κ1) is 11.0. The van der Waals surface area contributed by atoms with E-state index >= 15 is 0 Å². The maximum absolute atomic E-state index is 5.86. The highest BCUT2D eigenvalue weighted by molar-refractivity contribution is 7.20. The molecule has 0 aliphatic carbocycles. The number of benzene rings is 1. The Bertz CT molecular complexity index is 665. The van der Waals surface area contributed by atoms with E-state index in [0.29, 0.717) is 11.9 Å². The predicted octanol–water partition coefficient (Wildman–Crippen LogP) is 1.53. The third-order valence-corrected chi connectivity index (χ3v) is 3.50. The van der Waals surface area contributed by atoms with Gasteiger partial charge in [-0.05, 0) is 12.1 Å². The Kier molecular flexibility index (Phi) is 2.41. The lowest BCUT2D eigenvalue weighted by atomic mass is 10.3. The summed E-state index contributed by atoms with van der Waals surface area (Å²) in [6.07, 6.45) is 0. The van der Waals surface area contributed by atoms with Crippen LogP contribution in [-0.4, -0.2) is 33.8 Å². The lowest BCUT2D eigenvalue weighted by molar-refractivity contribution is 0.868. The summed E-state index contributed by atoms with van der Waals surface area (Å²) < 4.78 is 2.67. The molecule has 0 atom stereocenters. The normalized spacial score (nSPS) is 11.0. The van der Waals surface area contributed by atoms with Gasteiger partial charge in [0.25, 0.3) is 0 Å². The van der Waals surface area contributed by atoms with Crippen LogP contribution in [0.1, 0.15) is 0 Å². The molecule has 0 saturated heterocycles. The fourth-order valence-corrected chi connectivity index (χ4v) is 2.52. The third kappa shape index (κ3) is 1.68. The van der Waals surface area contributed by atoms with Crippen molar-refractivity contribution in [2.24, 2.45) is 0 Å². The summed E-state index contributed by atoms with van der Waals surface area (Å²) in [6, 6.07) is 7.94. The Labute approximate surface area is 108 Å². The van der Waals surface area contributed by atoms with Crippen LogP contribution < -0.4 is 10.6 Å². The molecule has 3 rings (SSSR count). The Hall–Kier alpha value is -2.15. The number of para-hydroxylation sites is 1. The van der Waals surface area contributed by atoms with Crippen LogP contribution in [0.25, 0.3) is 15.3 Å². The second kappa shape index (κ2) is 3.95. The molecule has 2 aromatic heterocycles. The van der Waals surface area contributed by atoms with Gasteiger partial charge >= 0.3 is 0 Å². The van der Waals surface area contributed by atoms with E-state index in [1.165, 1.54) is 0 Å². The molecule has 0 aliphatic rings. The Morgan fingerprint density at radius 1 is 1.22 bits per heavy atom. The number of rotatable bonds is 2. The molecular weight excluding hydrogens is 248 g/mol. The number of nitrogen functional groups attached to an aromatic ring is 1. The molecule has 0 aliphatic heterocycles. The third-order valence-electron chi connectivity index (χ3n) is 2.48. The van der Waals surface area contributed by atoms with E-state index < -0.39 is 0 Å². The fourth-order valence-electron chi connectivity index (χ4n) is 1.59. The monoisotopic (exact) mass is 260 g/mol. The first-order valence-electron chi connectivity index (χ1n) is 5.41. The highest BCUT2D eigenvalue weighted by atomic mass is 32.1. The number of anilines is 2. The van der Waals surface area contributed by atoms with Crippen LogP contribution >= 0.6 is 11.3 Å². The molecule has 0 radical (unpaired) electrons. The van der Waals surface area contributed by atoms with Crippen LogP contribution in [0.15, 0.2) is 24.3 Å². The van der Waals surface area contributed by atoms with Gasteiger partial charge in [-0.1, -0.05) is 23.5 Å². The van der Waals surface area contributed by atoms with Crippen molar-refractivity contribution in [1.82, 2.24) is 19.7 Å². The average Bonchev–Trinajstić information content (AvgIpc) is 2.91. The number of thiazole rings is 1. The maximum Gasteiger partial charge on any atom is 0.246 e. The summed E-state index contributed by atoms with van der Waals surface area (Å²) in [5, 5.41) is 5.06. The van der Waals surface area contributed by atoms with Crippen molar-refractivity contribution in [2.75, 3.05) is 24.7 Å². The van der Waals surface area contributed by atoms with Crippen LogP contribution in [-0.2, 0) is 0 Å². The molecule has 2 N–H and O–H groups in total. The molecule has 0 fully saturated rings. The fraction of sp³-hybridized carbons (Fsp3) is 0.182. The van der Waals surface area contributed by atoms with Crippen LogP contribution in [0, 0.1) is 0 Å². The van der Waals surface area contributed by atoms with Gasteiger partial charge in [0.05, 0.1) is 10.2 Å². The molecule has 92 valence electrons. The molecular formula is C11H12N6S. The smallest absolute Gasteiger partial charge is 0.246 e. The van der Waals surface area contributed by atoms with Crippen LogP contribution in [0.4, 0.5) is 11.9 Å². The predicted molar refractivity (Wildman–Crippen MR) is 73.3 cm³/mol. The van der Waals surface area contributed by atoms with Gasteiger partial charge in [0.15, 0.2) is 0 Å². The minimum atomic E-state index is 0.345. The molecule has 0 saturated carbocycles. The van der Waals surface area contributed by atoms with E-state index in [1.54, 1.807) is 20.9 Å². The summed E-state index contributed by atoms with van der Waals surface area (Å²) in [5.74, 6) is 0.921. The van der Waals surface area contributed by atoms with Gasteiger partial charge in [-0.2, -0.15) is 9.67 Å². The summed E-state index contributed by atoms with van der Waals surface area (Å²) in [5.41, 5.74) is 6.81. The quantitative estimate of drug-likeness (QED) is 0.756. The van der Waals surface area contributed by atoms with E-state index in [0.717, 1.165) is 15.3 Å². The highest BCUT2D eigenvalue weighted by Crippen LogP contribution is 2.25. The molecule has 18 heavy (non-hydrogen) atoms. The first-order chi connectivity index (χ1) is 8.65. The molecule has 6 nitrogen and oxygen atoms in total. The maximum atomic E-state index is 5.86. The second-order valence-corrected chi connectivity index (χ2v) is 5.05. The van der Waals surface area contributed by atoms with Crippen LogP contribution in [0.5, 0.6) is 0 Å². The summed E-state index contributed by atoms with van der Waals surface area (Å²) in [4.78, 5) is 10.5. The van der Waals surface area contributed by atoms with Crippen molar-refractivity contribution < 1.29 is 0 Å². The molecule has 0 bridgehead atoms. The standard InChI is InChI=1S/C11H12N6S/c1-16(2)10-14-9(12)17(15-10)11-13-7-5-3-4-6-8(7)18-11/h3-6H,1-2H3,(H2,12,14,15). The van der Waals surface area contributed by atoms with Gasteiger partial charge < -0.3 is 10.6 Å². The molecule has 0 spiro atoms. The summed E-state index contributed by atoms with van der Waals surface area (Å²) in [7, 11) is 3.74. The number of fused-ring (bicyclic) bond motifs is 1. The van der Waals surface area contributed by atoms with Gasteiger partial charge in [-0.3, -0.25) is 0 Å². The lowest BCUT2D eigenvalue weighted by Gasteiger charge is -2.03. The Morgan fingerprint density at radius 2 is 2.00 bits per heavy atom. The molecule has 3 aromatic rings. The van der Waals surface area contributed by atoms with Gasteiger partial charge in [0.2, 0.25) is 17.0 Å². The number of hydrogen-bond donors (Lipinski definition) is 1. The van der Waals surface area contributed by atoms with Crippen LogP contribution in [0.2, 0.25) is 0 Å². The summed E-state index contributed by atoms with van der Waals surface area (Å²) in [6.45, 7) is 0. The van der Waals surface area contributed by atoms with E-state index in [1.807, 2.05) is 38.4 Å². The zero-order valence-electron chi connectivity index (χ0n) is 10.0. The summed E-state index contributed by atoms with van der Waals surface area (Å²) >= 11 is 1.54. The zero-order chi connectivity index (χ0) is 12.7. The van der Waals surface area contributed by atoms with E-state index in [-0.39, 0.29) is 0 Å². The number of nitrogens with zero attached hydrogens (tertiary/aromatic N) is 5. The van der Waals surface area contributed by atoms with Crippen molar-refractivity contribution >= 4 is 33.5 Å². The highest BCUT2D eigenvalue weighted by Gasteiger charge is 2.13. The molecule has 0 amide bonds. The van der Waals surface area contributed by atoms with Gasteiger partial charge in [-0.15, -0.1) is 5.10 Å². The lowest BCUT2D eigenvalue weighted by Crippen LogP contribution is -2.10. The number of aromatic nitrogens is 4. The first-order valence-corrected chi connectivity index (χ1v) is 6.22.